The summed E-state index contributed by atoms with van der Waals surface area (Å²) in [5, 5.41) is 5.24. The molecule has 26 heavy (non-hydrogen) atoms. The quantitative estimate of drug-likeness (QED) is 0.427. The second kappa shape index (κ2) is 8.63. The first-order chi connectivity index (χ1) is 12.6. The summed E-state index contributed by atoms with van der Waals surface area (Å²) in [6, 6.07) is 11.1. The van der Waals surface area contributed by atoms with Crippen molar-refractivity contribution in [3.63, 3.8) is 0 Å². The van der Waals surface area contributed by atoms with Crippen LogP contribution in [0, 0.1) is 0 Å². The molecule has 0 saturated heterocycles. The first kappa shape index (κ1) is 18.2. The molecule has 3 rings (SSSR count). The van der Waals surface area contributed by atoms with Gasteiger partial charge in [0.2, 0.25) is 0 Å². The van der Waals surface area contributed by atoms with Gasteiger partial charge in [0.25, 0.3) is 5.91 Å². The Hall–Kier alpha value is -2.65. The van der Waals surface area contributed by atoms with E-state index in [1.165, 1.54) is 11.2 Å². The topological polar surface area (TPSA) is 105 Å². The van der Waals surface area contributed by atoms with Gasteiger partial charge >= 0.3 is 0 Å². The van der Waals surface area contributed by atoms with Gasteiger partial charge in [-0.15, -0.1) is 11.3 Å². The summed E-state index contributed by atoms with van der Waals surface area (Å²) in [5.41, 5.74) is 12.3. The maximum atomic E-state index is 12.1. The van der Waals surface area contributed by atoms with Crippen LogP contribution >= 0.6 is 27.3 Å². The number of nitrogens with zero attached hydrogens (tertiary/aromatic N) is 2. The van der Waals surface area contributed by atoms with Gasteiger partial charge in [-0.2, -0.15) is 0 Å². The summed E-state index contributed by atoms with van der Waals surface area (Å²) in [6.07, 6.45) is 2.27. The maximum Gasteiger partial charge on any atom is 0.269 e. The highest BCUT2D eigenvalue weighted by molar-refractivity contribution is 9.10. The van der Waals surface area contributed by atoms with Crippen LogP contribution in [-0.4, -0.2) is 22.4 Å². The van der Waals surface area contributed by atoms with E-state index in [9.17, 15) is 4.79 Å². The number of carbonyl (C=O) groups excluding carboxylic acids is 1. The van der Waals surface area contributed by atoms with Gasteiger partial charge in [-0.3, -0.25) is 15.6 Å². The normalized spacial score (nSPS) is 10.3. The van der Waals surface area contributed by atoms with Crippen molar-refractivity contribution in [2.75, 3.05) is 23.0 Å². The molecule has 0 aliphatic heterocycles. The molecular formula is C17H17BrN6OS. The lowest BCUT2D eigenvalue weighted by Gasteiger charge is -2.13. The molecular weight excluding hydrogens is 416 g/mol. The predicted molar refractivity (Wildman–Crippen MR) is 108 cm³/mol. The standard InChI is InChI=1S/C17H17BrN6OS/c18-12-5-3-11(4-6-12)17(25)24-23-16-14(19)15(21-10-22-16)20-8-7-13-2-1-9-26-13/h1-6,9-10H,7-8,19H2,(H,24,25)(H2,20,21,22,23). The van der Waals surface area contributed by atoms with Crippen LogP contribution in [0.15, 0.2) is 52.6 Å². The minimum Gasteiger partial charge on any atom is -0.393 e. The molecule has 9 heteroatoms. The molecule has 5 N–H and O–H groups in total. The summed E-state index contributed by atoms with van der Waals surface area (Å²) in [5.74, 6) is 0.573. The number of hydrogen-bond acceptors (Lipinski definition) is 7. The van der Waals surface area contributed by atoms with E-state index in [1.54, 1.807) is 35.6 Å². The van der Waals surface area contributed by atoms with Crippen LogP contribution in [0.25, 0.3) is 0 Å². The molecule has 1 aromatic carbocycles. The number of hydrogen-bond donors (Lipinski definition) is 4. The first-order valence-corrected chi connectivity index (χ1v) is 9.49. The van der Waals surface area contributed by atoms with Gasteiger partial charge in [0, 0.05) is 21.5 Å². The van der Waals surface area contributed by atoms with Crippen LogP contribution in [-0.2, 0) is 6.42 Å². The van der Waals surface area contributed by atoms with Crippen LogP contribution in [0.2, 0.25) is 0 Å². The molecule has 3 aromatic rings. The Morgan fingerprint density at radius 2 is 1.92 bits per heavy atom. The van der Waals surface area contributed by atoms with Crippen LogP contribution in [0.3, 0.4) is 0 Å². The number of rotatable bonds is 7. The van der Waals surface area contributed by atoms with E-state index in [-0.39, 0.29) is 5.91 Å². The van der Waals surface area contributed by atoms with E-state index < -0.39 is 0 Å². The number of anilines is 3. The molecule has 0 atom stereocenters. The van der Waals surface area contributed by atoms with Crippen molar-refractivity contribution in [2.24, 2.45) is 0 Å². The summed E-state index contributed by atoms with van der Waals surface area (Å²) in [4.78, 5) is 21.6. The van der Waals surface area contributed by atoms with Crippen molar-refractivity contribution >= 4 is 50.5 Å². The smallest absolute Gasteiger partial charge is 0.269 e. The highest BCUT2D eigenvalue weighted by atomic mass is 79.9. The number of hydrazine groups is 1. The molecule has 0 radical (unpaired) electrons. The summed E-state index contributed by atoms with van der Waals surface area (Å²) >= 11 is 5.04. The molecule has 2 heterocycles. The van der Waals surface area contributed by atoms with Crippen molar-refractivity contribution in [1.29, 1.82) is 0 Å². The fraction of sp³-hybridized carbons (Fsp3) is 0.118. The number of nitrogens with two attached hydrogens (primary N) is 1. The van der Waals surface area contributed by atoms with E-state index in [0.29, 0.717) is 29.4 Å². The zero-order chi connectivity index (χ0) is 18.4. The van der Waals surface area contributed by atoms with E-state index in [0.717, 1.165) is 10.9 Å². The highest BCUT2D eigenvalue weighted by Crippen LogP contribution is 2.22. The van der Waals surface area contributed by atoms with Crippen molar-refractivity contribution in [2.45, 2.75) is 6.42 Å². The fourth-order valence-corrected chi connectivity index (χ4v) is 3.16. The minimum absolute atomic E-state index is 0.289. The van der Waals surface area contributed by atoms with E-state index in [1.807, 2.05) is 11.4 Å². The van der Waals surface area contributed by atoms with Gasteiger partial charge < -0.3 is 11.1 Å². The molecule has 0 aliphatic carbocycles. The summed E-state index contributed by atoms with van der Waals surface area (Å²) < 4.78 is 0.903. The molecule has 134 valence electrons. The lowest BCUT2D eigenvalue weighted by atomic mass is 10.2. The number of benzene rings is 1. The number of nitrogen functional groups attached to an aromatic ring is 1. The van der Waals surface area contributed by atoms with Crippen molar-refractivity contribution in [1.82, 2.24) is 15.4 Å². The van der Waals surface area contributed by atoms with Gasteiger partial charge in [0.15, 0.2) is 11.6 Å². The molecule has 0 aliphatic rings. The lowest BCUT2D eigenvalue weighted by molar-refractivity contribution is 0.0962. The molecule has 0 saturated carbocycles. The van der Waals surface area contributed by atoms with Gasteiger partial charge in [0.1, 0.15) is 12.0 Å². The van der Waals surface area contributed by atoms with Crippen molar-refractivity contribution in [3.05, 3.63) is 63.0 Å². The Kier molecular flexibility index (Phi) is 6.03. The van der Waals surface area contributed by atoms with E-state index in [2.05, 4.69) is 48.1 Å². The first-order valence-electron chi connectivity index (χ1n) is 7.82. The minimum atomic E-state index is -0.289. The van der Waals surface area contributed by atoms with Gasteiger partial charge in [-0.05, 0) is 42.1 Å². The van der Waals surface area contributed by atoms with Crippen molar-refractivity contribution in [3.8, 4) is 0 Å². The van der Waals surface area contributed by atoms with Gasteiger partial charge in [-0.25, -0.2) is 9.97 Å². The zero-order valence-electron chi connectivity index (χ0n) is 13.7. The number of carbonyl (C=O) groups is 1. The third kappa shape index (κ3) is 4.70. The second-order valence-corrected chi connectivity index (χ2v) is 7.27. The Bertz CT molecular complexity index is 869. The third-order valence-electron chi connectivity index (χ3n) is 3.53. The average Bonchev–Trinajstić information content (AvgIpc) is 3.16. The largest absolute Gasteiger partial charge is 0.393 e. The predicted octanol–water partition coefficient (Wildman–Crippen LogP) is 3.29. The number of nitrogens with one attached hydrogen (secondary N) is 3. The number of aromatic nitrogens is 2. The molecule has 0 fully saturated rings. The Morgan fingerprint density at radius 3 is 2.65 bits per heavy atom. The van der Waals surface area contributed by atoms with Crippen LogP contribution < -0.4 is 21.9 Å². The number of thiophene rings is 1. The zero-order valence-corrected chi connectivity index (χ0v) is 16.1. The fourth-order valence-electron chi connectivity index (χ4n) is 2.18. The molecule has 7 nitrogen and oxygen atoms in total. The van der Waals surface area contributed by atoms with Crippen LogP contribution in [0.4, 0.5) is 17.3 Å². The number of halogens is 1. The summed E-state index contributed by atoms with van der Waals surface area (Å²) in [6.45, 7) is 0.701. The maximum absolute atomic E-state index is 12.1. The van der Waals surface area contributed by atoms with Crippen LogP contribution in [0.5, 0.6) is 0 Å². The molecule has 0 bridgehead atoms. The monoisotopic (exact) mass is 432 g/mol. The Morgan fingerprint density at radius 1 is 1.15 bits per heavy atom. The molecule has 0 unspecified atom stereocenters. The summed E-state index contributed by atoms with van der Waals surface area (Å²) in [7, 11) is 0. The number of amides is 1. The average molecular weight is 433 g/mol. The SMILES string of the molecule is Nc1c(NCCc2cccs2)ncnc1NNC(=O)c1ccc(Br)cc1. The lowest BCUT2D eigenvalue weighted by Crippen LogP contribution is -2.30. The molecule has 0 spiro atoms. The van der Waals surface area contributed by atoms with Gasteiger partial charge in [-0.1, -0.05) is 22.0 Å². The van der Waals surface area contributed by atoms with Crippen molar-refractivity contribution < 1.29 is 4.79 Å². The van der Waals surface area contributed by atoms with Gasteiger partial charge in [0.05, 0.1) is 0 Å². The Labute approximate surface area is 163 Å². The van der Waals surface area contributed by atoms with E-state index >= 15 is 0 Å². The van der Waals surface area contributed by atoms with E-state index in [4.69, 9.17) is 5.73 Å². The molecule has 2 aromatic heterocycles. The molecule has 1 amide bonds. The highest BCUT2D eigenvalue weighted by Gasteiger charge is 2.10. The van der Waals surface area contributed by atoms with Crippen LogP contribution in [0.1, 0.15) is 15.2 Å². The third-order valence-corrected chi connectivity index (χ3v) is 4.99. The second-order valence-electron chi connectivity index (χ2n) is 5.33. The Balaban J connectivity index is 1.57.